The van der Waals surface area contributed by atoms with Crippen LogP contribution in [0.1, 0.15) is 17.2 Å². The second-order valence-corrected chi connectivity index (χ2v) is 4.38. The quantitative estimate of drug-likeness (QED) is 0.653. The van der Waals surface area contributed by atoms with Gasteiger partial charge in [0.2, 0.25) is 0 Å². The van der Waals surface area contributed by atoms with Crippen molar-refractivity contribution in [1.82, 2.24) is 5.43 Å². The number of ether oxygens (including phenoxy) is 1. The Morgan fingerprint density at radius 3 is 2.60 bits per heavy atom. The van der Waals surface area contributed by atoms with Crippen LogP contribution in [0.2, 0.25) is 0 Å². The lowest BCUT2D eigenvalue weighted by Crippen LogP contribution is -2.30. The molecule has 0 aromatic heterocycles. The summed E-state index contributed by atoms with van der Waals surface area (Å²) in [4.78, 5) is 0. The third kappa shape index (κ3) is 2.95. The van der Waals surface area contributed by atoms with E-state index in [1.807, 2.05) is 24.3 Å². The van der Waals surface area contributed by atoms with Crippen molar-refractivity contribution in [2.24, 2.45) is 5.84 Å². The number of halogens is 2. The van der Waals surface area contributed by atoms with Crippen molar-refractivity contribution in [3.63, 3.8) is 0 Å². The summed E-state index contributed by atoms with van der Waals surface area (Å²) in [7, 11) is 1.56. The Bertz CT molecular complexity index is 590. The highest BCUT2D eigenvalue weighted by atomic mass is 19.2. The zero-order chi connectivity index (χ0) is 14.5. The molecule has 0 bridgehead atoms. The molecule has 0 saturated heterocycles. The van der Waals surface area contributed by atoms with Gasteiger partial charge in [0.25, 0.3) is 0 Å². The molecule has 0 saturated carbocycles. The van der Waals surface area contributed by atoms with Gasteiger partial charge in [-0.25, -0.2) is 8.78 Å². The molecule has 1 unspecified atom stereocenters. The van der Waals surface area contributed by atoms with Crippen molar-refractivity contribution < 1.29 is 13.5 Å². The third-order valence-electron chi connectivity index (χ3n) is 3.17. The molecule has 3 nitrogen and oxygen atoms in total. The van der Waals surface area contributed by atoms with Crippen LogP contribution < -0.4 is 16.0 Å². The van der Waals surface area contributed by atoms with E-state index in [1.165, 1.54) is 12.1 Å². The summed E-state index contributed by atoms with van der Waals surface area (Å²) in [5.74, 6) is 4.40. The fraction of sp³-hybridized carbons (Fsp3) is 0.200. The molecule has 0 heterocycles. The van der Waals surface area contributed by atoms with Crippen LogP contribution in [0.4, 0.5) is 8.78 Å². The summed E-state index contributed by atoms with van der Waals surface area (Å²) >= 11 is 0. The highest BCUT2D eigenvalue weighted by Gasteiger charge is 2.18. The predicted molar refractivity (Wildman–Crippen MR) is 73.1 cm³/mol. The molecule has 5 heteroatoms. The number of para-hydroxylation sites is 1. The van der Waals surface area contributed by atoms with Gasteiger partial charge in [0.15, 0.2) is 11.6 Å². The minimum Gasteiger partial charge on any atom is -0.496 e. The van der Waals surface area contributed by atoms with Crippen LogP contribution in [0.3, 0.4) is 0 Å². The second-order valence-electron chi connectivity index (χ2n) is 4.38. The summed E-state index contributed by atoms with van der Waals surface area (Å²) in [6.07, 6.45) is 0.390. The summed E-state index contributed by atoms with van der Waals surface area (Å²) in [5.41, 5.74) is 3.58. The molecular formula is C15H16F2N2O. The Kier molecular flexibility index (Phi) is 4.65. The van der Waals surface area contributed by atoms with Gasteiger partial charge in [0.05, 0.1) is 13.2 Å². The minimum atomic E-state index is -0.886. The topological polar surface area (TPSA) is 47.3 Å². The van der Waals surface area contributed by atoms with Gasteiger partial charge < -0.3 is 4.74 Å². The van der Waals surface area contributed by atoms with Crippen molar-refractivity contribution in [3.8, 4) is 5.75 Å². The Labute approximate surface area is 116 Å². The number of hydrogen-bond acceptors (Lipinski definition) is 3. The fourth-order valence-corrected chi connectivity index (χ4v) is 2.14. The van der Waals surface area contributed by atoms with Crippen molar-refractivity contribution >= 4 is 0 Å². The zero-order valence-electron chi connectivity index (χ0n) is 11.1. The molecule has 1 atom stereocenters. The number of hydrazine groups is 1. The second kappa shape index (κ2) is 6.45. The molecule has 106 valence electrons. The van der Waals surface area contributed by atoms with Crippen LogP contribution in [0, 0.1) is 11.6 Å². The van der Waals surface area contributed by atoms with Crippen LogP contribution in [0.15, 0.2) is 42.5 Å². The van der Waals surface area contributed by atoms with E-state index >= 15 is 0 Å². The standard InChI is InChI=1S/C15H16F2N2O/c1-20-14-8-3-2-5-10(14)9-13(19-18)11-6-4-7-12(16)15(11)17/h2-8,13,19H,9,18H2,1H3. The largest absolute Gasteiger partial charge is 0.496 e. The number of methoxy groups -OCH3 is 1. The minimum absolute atomic E-state index is 0.193. The molecule has 2 aromatic rings. The fourth-order valence-electron chi connectivity index (χ4n) is 2.14. The number of rotatable bonds is 5. The van der Waals surface area contributed by atoms with Crippen molar-refractivity contribution in [2.45, 2.75) is 12.5 Å². The summed E-state index contributed by atoms with van der Waals surface area (Å²) in [6.45, 7) is 0. The van der Waals surface area contributed by atoms with Crippen LogP contribution in [-0.2, 0) is 6.42 Å². The molecule has 0 amide bonds. The molecule has 20 heavy (non-hydrogen) atoms. The van der Waals surface area contributed by atoms with Crippen molar-refractivity contribution in [1.29, 1.82) is 0 Å². The third-order valence-corrected chi connectivity index (χ3v) is 3.17. The van der Waals surface area contributed by atoms with Gasteiger partial charge in [-0.05, 0) is 24.1 Å². The van der Waals surface area contributed by atoms with E-state index in [1.54, 1.807) is 7.11 Å². The van der Waals surface area contributed by atoms with E-state index in [-0.39, 0.29) is 5.56 Å². The maximum atomic E-state index is 13.8. The number of benzene rings is 2. The van der Waals surface area contributed by atoms with Gasteiger partial charge >= 0.3 is 0 Å². The zero-order valence-corrected chi connectivity index (χ0v) is 11.1. The maximum absolute atomic E-state index is 13.8. The Morgan fingerprint density at radius 1 is 1.15 bits per heavy atom. The van der Waals surface area contributed by atoms with E-state index in [0.29, 0.717) is 12.2 Å². The first-order chi connectivity index (χ1) is 9.67. The van der Waals surface area contributed by atoms with Crippen LogP contribution in [0.25, 0.3) is 0 Å². The van der Waals surface area contributed by atoms with Gasteiger partial charge in [-0.3, -0.25) is 11.3 Å². The van der Waals surface area contributed by atoms with E-state index in [4.69, 9.17) is 10.6 Å². The van der Waals surface area contributed by atoms with Crippen LogP contribution in [0.5, 0.6) is 5.75 Å². The first-order valence-electron chi connectivity index (χ1n) is 6.19. The summed E-state index contributed by atoms with van der Waals surface area (Å²) in [5, 5.41) is 0. The molecule has 0 aliphatic carbocycles. The average molecular weight is 278 g/mol. The van der Waals surface area contributed by atoms with Crippen LogP contribution >= 0.6 is 0 Å². The summed E-state index contributed by atoms with van der Waals surface area (Å²) in [6, 6.07) is 10.9. The molecule has 0 aliphatic heterocycles. The van der Waals surface area contributed by atoms with E-state index < -0.39 is 17.7 Å². The van der Waals surface area contributed by atoms with E-state index in [2.05, 4.69) is 5.43 Å². The van der Waals surface area contributed by atoms with Crippen LogP contribution in [-0.4, -0.2) is 7.11 Å². The molecular weight excluding hydrogens is 262 g/mol. The predicted octanol–water partition coefficient (Wildman–Crippen LogP) is 2.72. The van der Waals surface area contributed by atoms with Gasteiger partial charge in [-0.2, -0.15) is 0 Å². The van der Waals surface area contributed by atoms with E-state index in [0.717, 1.165) is 11.6 Å². The van der Waals surface area contributed by atoms with Gasteiger partial charge in [0, 0.05) is 5.56 Å². The first kappa shape index (κ1) is 14.4. The lowest BCUT2D eigenvalue weighted by molar-refractivity contribution is 0.403. The molecule has 2 rings (SSSR count). The first-order valence-corrected chi connectivity index (χ1v) is 6.19. The van der Waals surface area contributed by atoms with Gasteiger partial charge in [-0.15, -0.1) is 0 Å². The Morgan fingerprint density at radius 2 is 1.90 bits per heavy atom. The van der Waals surface area contributed by atoms with Gasteiger partial charge in [0.1, 0.15) is 5.75 Å². The monoisotopic (exact) mass is 278 g/mol. The number of nitrogens with two attached hydrogens (primary N) is 1. The lowest BCUT2D eigenvalue weighted by Gasteiger charge is -2.18. The Balaban J connectivity index is 2.31. The average Bonchev–Trinajstić information content (AvgIpc) is 2.48. The van der Waals surface area contributed by atoms with E-state index in [9.17, 15) is 8.78 Å². The molecule has 2 aromatic carbocycles. The smallest absolute Gasteiger partial charge is 0.163 e. The molecule has 0 aliphatic rings. The molecule has 0 spiro atoms. The highest BCUT2D eigenvalue weighted by Crippen LogP contribution is 2.26. The molecule has 0 fully saturated rings. The number of nitrogens with one attached hydrogen (secondary N) is 1. The van der Waals surface area contributed by atoms with Crippen molar-refractivity contribution in [3.05, 3.63) is 65.2 Å². The maximum Gasteiger partial charge on any atom is 0.163 e. The Hall–Kier alpha value is -1.98. The van der Waals surface area contributed by atoms with Gasteiger partial charge in [-0.1, -0.05) is 30.3 Å². The van der Waals surface area contributed by atoms with Crippen molar-refractivity contribution in [2.75, 3.05) is 7.11 Å². The lowest BCUT2D eigenvalue weighted by atomic mass is 9.98. The number of hydrogen-bond donors (Lipinski definition) is 2. The summed E-state index contributed by atoms with van der Waals surface area (Å²) < 4.78 is 32.4. The molecule has 3 N–H and O–H groups in total. The normalized spacial score (nSPS) is 12.2. The highest BCUT2D eigenvalue weighted by molar-refractivity contribution is 5.35. The SMILES string of the molecule is COc1ccccc1CC(NN)c1cccc(F)c1F. The molecule has 0 radical (unpaired) electrons.